The van der Waals surface area contributed by atoms with E-state index in [-0.39, 0.29) is 0 Å². The van der Waals surface area contributed by atoms with Gasteiger partial charge in [-0.1, -0.05) is 44.4 Å². The van der Waals surface area contributed by atoms with Crippen molar-refractivity contribution in [2.75, 3.05) is 33.0 Å². The van der Waals surface area contributed by atoms with E-state index in [9.17, 15) is 0 Å². The molecule has 0 amide bonds. The van der Waals surface area contributed by atoms with Gasteiger partial charge in [-0.3, -0.25) is 0 Å². The van der Waals surface area contributed by atoms with Crippen molar-refractivity contribution in [2.45, 2.75) is 32.6 Å². The Morgan fingerprint density at radius 1 is 0.577 bits per heavy atom. The third-order valence-corrected chi connectivity index (χ3v) is 3.81. The Labute approximate surface area is 157 Å². The number of rotatable bonds is 14. The molecule has 0 saturated heterocycles. The molecule has 0 unspecified atom stereocenters. The third-order valence-electron chi connectivity index (χ3n) is 3.81. The van der Waals surface area contributed by atoms with Crippen molar-refractivity contribution in [3.05, 3.63) is 54.6 Å². The summed E-state index contributed by atoms with van der Waals surface area (Å²) in [7, 11) is 0. The molecule has 2 aromatic carbocycles. The minimum Gasteiger partial charge on any atom is -0.491 e. The Balaban J connectivity index is 1.49. The van der Waals surface area contributed by atoms with Gasteiger partial charge in [0.2, 0.25) is 0 Å². The molecule has 0 N–H and O–H groups in total. The molecule has 26 heavy (non-hydrogen) atoms. The number of para-hydroxylation sites is 1. The topological polar surface area (TPSA) is 36.9 Å². The van der Waals surface area contributed by atoms with Crippen LogP contribution in [0.4, 0.5) is 0 Å². The first kappa shape index (κ1) is 20.3. The van der Waals surface area contributed by atoms with Gasteiger partial charge in [0.15, 0.2) is 0 Å². The third kappa shape index (κ3) is 8.88. The lowest BCUT2D eigenvalue weighted by atomic mass is 10.2. The highest BCUT2D eigenvalue weighted by atomic mass is 16.5. The summed E-state index contributed by atoms with van der Waals surface area (Å²) in [5.41, 5.74) is 0. The molecule has 0 aliphatic heterocycles. The predicted octanol–water partition coefficient (Wildman–Crippen LogP) is 5.47. The van der Waals surface area contributed by atoms with Crippen LogP contribution in [-0.2, 0) is 9.47 Å². The molecule has 0 bridgehead atoms. The molecule has 0 saturated carbocycles. The maximum absolute atomic E-state index is 5.75. The number of hydrogen-bond donors (Lipinski definition) is 0. The zero-order chi connectivity index (χ0) is 18.3. The van der Waals surface area contributed by atoms with E-state index >= 15 is 0 Å². The van der Waals surface area contributed by atoms with Gasteiger partial charge in [-0.15, -0.1) is 0 Å². The lowest BCUT2D eigenvalue weighted by Gasteiger charge is -2.09. The van der Waals surface area contributed by atoms with E-state index in [0.29, 0.717) is 26.4 Å². The summed E-state index contributed by atoms with van der Waals surface area (Å²) in [5.74, 6) is 2.42. The molecule has 0 aromatic heterocycles. The van der Waals surface area contributed by atoms with Gasteiger partial charge < -0.3 is 18.9 Å². The smallest absolute Gasteiger partial charge is 0.127 e. The van der Waals surface area contributed by atoms with Gasteiger partial charge in [0.25, 0.3) is 0 Å². The molecule has 0 aliphatic rings. The maximum atomic E-state index is 5.75. The van der Waals surface area contributed by atoms with Gasteiger partial charge in [0.1, 0.15) is 23.9 Å². The lowest BCUT2D eigenvalue weighted by Crippen LogP contribution is -2.11. The largest absolute Gasteiger partial charge is 0.491 e. The molecule has 0 heterocycles. The first-order valence-corrected chi connectivity index (χ1v) is 9.49. The summed E-state index contributed by atoms with van der Waals surface area (Å²) in [6.45, 7) is 5.39. The summed E-state index contributed by atoms with van der Waals surface area (Å²) in [5, 5.41) is 0. The van der Waals surface area contributed by atoms with Crippen LogP contribution in [0, 0.1) is 0 Å². The summed E-state index contributed by atoms with van der Waals surface area (Å²) < 4.78 is 22.5. The summed E-state index contributed by atoms with van der Waals surface area (Å²) in [6.07, 6.45) is 4.93. The Bertz CT molecular complexity index is 568. The molecule has 142 valence electrons. The normalized spacial score (nSPS) is 10.7. The molecule has 4 nitrogen and oxygen atoms in total. The molecule has 0 aliphatic carbocycles. The highest BCUT2D eigenvalue weighted by molar-refractivity contribution is 5.35. The zero-order valence-electron chi connectivity index (χ0n) is 15.7. The van der Waals surface area contributed by atoms with Gasteiger partial charge in [-0.2, -0.15) is 0 Å². The molecular weight excluding hydrogens is 328 g/mol. The van der Waals surface area contributed by atoms with E-state index in [2.05, 4.69) is 6.92 Å². The van der Waals surface area contributed by atoms with Crippen LogP contribution in [0.25, 0.3) is 0 Å². The van der Waals surface area contributed by atoms with Crippen LogP contribution in [-0.4, -0.2) is 33.0 Å². The van der Waals surface area contributed by atoms with E-state index in [0.717, 1.165) is 30.3 Å². The van der Waals surface area contributed by atoms with E-state index < -0.39 is 0 Å². The summed E-state index contributed by atoms with van der Waals surface area (Å²) in [6, 6.07) is 17.3. The monoisotopic (exact) mass is 358 g/mol. The average Bonchev–Trinajstić information content (AvgIpc) is 2.68. The minimum atomic E-state index is 0.523. The first-order valence-electron chi connectivity index (χ1n) is 9.49. The van der Waals surface area contributed by atoms with Crippen molar-refractivity contribution in [2.24, 2.45) is 0 Å². The molecular formula is C22H30O4. The van der Waals surface area contributed by atoms with Gasteiger partial charge in [-0.25, -0.2) is 0 Å². The minimum absolute atomic E-state index is 0.523. The number of ether oxygens (including phenoxy) is 4. The highest BCUT2D eigenvalue weighted by Crippen LogP contribution is 2.23. The Kier molecular flexibility index (Phi) is 10.3. The fourth-order valence-corrected chi connectivity index (χ4v) is 2.40. The zero-order valence-corrected chi connectivity index (χ0v) is 15.7. The quantitative estimate of drug-likeness (QED) is 0.420. The number of benzene rings is 2. The van der Waals surface area contributed by atoms with E-state index in [1.807, 2.05) is 54.6 Å². The van der Waals surface area contributed by atoms with Crippen LogP contribution in [0.15, 0.2) is 54.6 Å². The van der Waals surface area contributed by atoms with Crippen LogP contribution in [0.3, 0.4) is 0 Å². The molecule has 2 rings (SSSR count). The molecule has 0 fully saturated rings. The van der Waals surface area contributed by atoms with E-state index in [4.69, 9.17) is 18.9 Å². The van der Waals surface area contributed by atoms with Crippen molar-refractivity contribution in [3.8, 4) is 17.2 Å². The number of hydrogen-bond acceptors (Lipinski definition) is 4. The Morgan fingerprint density at radius 2 is 1.19 bits per heavy atom. The van der Waals surface area contributed by atoms with Crippen molar-refractivity contribution >= 4 is 0 Å². The molecule has 0 radical (unpaired) electrons. The van der Waals surface area contributed by atoms with Gasteiger partial charge in [0, 0.05) is 6.61 Å². The van der Waals surface area contributed by atoms with Gasteiger partial charge in [-0.05, 0) is 42.8 Å². The van der Waals surface area contributed by atoms with Crippen molar-refractivity contribution < 1.29 is 18.9 Å². The second kappa shape index (κ2) is 13.2. The maximum Gasteiger partial charge on any atom is 0.127 e. The van der Waals surface area contributed by atoms with Crippen LogP contribution in [0.5, 0.6) is 17.2 Å². The Hall–Kier alpha value is -2.04. The molecule has 0 spiro atoms. The highest BCUT2D eigenvalue weighted by Gasteiger charge is 1.99. The first-order chi connectivity index (χ1) is 12.9. The standard InChI is InChI=1S/C22H30O4/c1-2-3-4-8-15-23-16-17-24-18-19-25-20-11-13-22(14-12-20)26-21-9-6-5-7-10-21/h5-7,9-14H,2-4,8,15-19H2,1H3. The van der Waals surface area contributed by atoms with E-state index in [1.165, 1.54) is 19.3 Å². The number of unbranched alkanes of at least 4 members (excludes halogenated alkanes) is 3. The summed E-state index contributed by atoms with van der Waals surface area (Å²) >= 11 is 0. The summed E-state index contributed by atoms with van der Waals surface area (Å²) in [4.78, 5) is 0. The second-order valence-electron chi connectivity index (χ2n) is 6.02. The predicted molar refractivity (Wildman–Crippen MR) is 104 cm³/mol. The second-order valence-corrected chi connectivity index (χ2v) is 6.02. The van der Waals surface area contributed by atoms with Crippen LogP contribution >= 0.6 is 0 Å². The molecule has 2 aromatic rings. The van der Waals surface area contributed by atoms with Gasteiger partial charge in [0.05, 0.1) is 19.8 Å². The Morgan fingerprint density at radius 3 is 1.92 bits per heavy atom. The van der Waals surface area contributed by atoms with Crippen LogP contribution in [0.1, 0.15) is 32.6 Å². The lowest BCUT2D eigenvalue weighted by molar-refractivity contribution is 0.0352. The SMILES string of the molecule is CCCCCCOCCOCCOc1ccc(Oc2ccccc2)cc1. The van der Waals surface area contributed by atoms with Crippen molar-refractivity contribution in [3.63, 3.8) is 0 Å². The fraction of sp³-hybridized carbons (Fsp3) is 0.455. The van der Waals surface area contributed by atoms with Crippen LogP contribution in [0.2, 0.25) is 0 Å². The fourth-order valence-electron chi connectivity index (χ4n) is 2.40. The van der Waals surface area contributed by atoms with E-state index in [1.54, 1.807) is 0 Å². The molecule has 0 atom stereocenters. The molecule has 4 heteroatoms. The van der Waals surface area contributed by atoms with Crippen molar-refractivity contribution in [1.82, 2.24) is 0 Å². The average molecular weight is 358 g/mol. The van der Waals surface area contributed by atoms with Crippen LogP contribution < -0.4 is 9.47 Å². The van der Waals surface area contributed by atoms with Crippen molar-refractivity contribution in [1.29, 1.82) is 0 Å². The van der Waals surface area contributed by atoms with Gasteiger partial charge >= 0.3 is 0 Å².